The minimum atomic E-state index is 0.237. The van der Waals surface area contributed by atoms with E-state index in [-0.39, 0.29) is 5.92 Å². The highest BCUT2D eigenvalue weighted by atomic mass is 16.5. The first-order valence-corrected chi connectivity index (χ1v) is 3.67. The molecule has 0 aromatic carbocycles. The summed E-state index contributed by atoms with van der Waals surface area (Å²) in [6, 6.07) is 0. The van der Waals surface area contributed by atoms with Crippen molar-refractivity contribution in [2.45, 2.75) is 26.7 Å². The zero-order valence-corrected chi connectivity index (χ0v) is 7.03. The Hall–Kier alpha value is -1.12. The van der Waals surface area contributed by atoms with E-state index >= 15 is 0 Å². The van der Waals surface area contributed by atoms with Gasteiger partial charge in [-0.25, -0.2) is 4.98 Å². The molecule has 0 aliphatic carbocycles. The molecule has 11 heavy (non-hydrogen) atoms. The van der Waals surface area contributed by atoms with Crippen LogP contribution in [0.4, 0.5) is 0 Å². The quantitative estimate of drug-likeness (QED) is 0.447. The zero-order valence-electron chi connectivity index (χ0n) is 7.03. The molecule has 0 amide bonds. The summed E-state index contributed by atoms with van der Waals surface area (Å²) in [4.78, 5) is 4.04. The van der Waals surface area contributed by atoms with Gasteiger partial charge in [-0.05, 0) is 6.92 Å². The van der Waals surface area contributed by atoms with E-state index in [2.05, 4.69) is 4.98 Å². The zero-order chi connectivity index (χ0) is 8.43. The third-order valence-electron chi connectivity index (χ3n) is 1.55. The highest BCUT2D eigenvalue weighted by Gasteiger charge is 2.09. The summed E-state index contributed by atoms with van der Waals surface area (Å²) in [7, 11) is 0. The van der Waals surface area contributed by atoms with Crippen molar-refractivity contribution in [2.75, 3.05) is 0 Å². The predicted molar refractivity (Wildman–Crippen MR) is 42.0 cm³/mol. The van der Waals surface area contributed by atoms with Gasteiger partial charge in [0.2, 0.25) is 11.9 Å². The fourth-order valence-corrected chi connectivity index (χ4v) is 0.906. The Morgan fingerprint density at radius 3 is 2.64 bits per heavy atom. The molecule has 0 saturated heterocycles. The van der Waals surface area contributed by atoms with Gasteiger partial charge in [-0.3, -0.25) is 0 Å². The molecule has 0 N–H and O–H groups in total. The molecule has 0 fully saturated rings. The molecule has 60 valence electrons. The lowest BCUT2D eigenvalue weighted by Crippen LogP contribution is -2.32. The van der Waals surface area contributed by atoms with Crippen molar-refractivity contribution in [1.29, 1.82) is 0 Å². The molecular weight excluding hydrogens is 140 g/mol. The van der Waals surface area contributed by atoms with Crippen LogP contribution in [0.1, 0.15) is 31.2 Å². The van der Waals surface area contributed by atoms with E-state index in [1.807, 2.05) is 13.8 Å². The summed E-state index contributed by atoms with van der Waals surface area (Å²) in [6.07, 6.45) is 3.13. The Morgan fingerprint density at radius 1 is 1.55 bits per heavy atom. The number of aromatic nitrogens is 2. The van der Waals surface area contributed by atoms with Gasteiger partial charge in [-0.1, -0.05) is 13.8 Å². The molecule has 1 heterocycles. The van der Waals surface area contributed by atoms with Crippen LogP contribution in [0.3, 0.4) is 0 Å². The molecule has 1 aromatic rings. The summed E-state index contributed by atoms with van der Waals surface area (Å²) in [5, 5.41) is 11.2. The first kappa shape index (κ1) is 7.98. The van der Waals surface area contributed by atoms with Crippen molar-refractivity contribution < 1.29 is 4.73 Å². The molecule has 1 rings (SSSR count). The van der Waals surface area contributed by atoms with Crippen LogP contribution in [-0.2, 0) is 0 Å². The topological polar surface area (TPSA) is 39.8 Å². The third-order valence-corrected chi connectivity index (χ3v) is 1.55. The van der Waals surface area contributed by atoms with Gasteiger partial charge in [0.15, 0.2) is 0 Å². The van der Waals surface area contributed by atoms with Crippen LogP contribution >= 0.6 is 0 Å². The molecule has 0 aliphatic rings. The minimum absolute atomic E-state index is 0.237. The van der Waals surface area contributed by atoms with Gasteiger partial charge >= 0.3 is 0 Å². The number of rotatable bonds is 1. The molecular formula is C8H12N2O. The summed E-state index contributed by atoms with van der Waals surface area (Å²) in [6.45, 7) is 5.75. The molecule has 1 aromatic heterocycles. The van der Waals surface area contributed by atoms with E-state index in [0.717, 1.165) is 16.1 Å². The lowest BCUT2D eigenvalue weighted by Gasteiger charge is -2.05. The van der Waals surface area contributed by atoms with Gasteiger partial charge in [0.1, 0.15) is 5.69 Å². The monoisotopic (exact) mass is 152 g/mol. The van der Waals surface area contributed by atoms with Crippen LogP contribution in [0, 0.1) is 12.1 Å². The number of hydrogen-bond donors (Lipinski definition) is 0. The summed E-state index contributed by atoms with van der Waals surface area (Å²) < 4.78 is 0.882. The van der Waals surface area contributed by atoms with Crippen molar-refractivity contribution in [1.82, 2.24) is 4.98 Å². The lowest BCUT2D eigenvalue weighted by atomic mass is 10.1. The Balaban J connectivity index is 3.09. The average Bonchev–Trinajstić information content (AvgIpc) is 1.85. The van der Waals surface area contributed by atoms with Crippen LogP contribution in [0.15, 0.2) is 12.4 Å². The molecule has 0 aliphatic heterocycles. The van der Waals surface area contributed by atoms with Crippen molar-refractivity contribution in [3.05, 3.63) is 29.0 Å². The van der Waals surface area contributed by atoms with Gasteiger partial charge in [-0.2, -0.15) is 4.73 Å². The molecule has 0 radical (unpaired) electrons. The van der Waals surface area contributed by atoms with Gasteiger partial charge < -0.3 is 5.21 Å². The normalized spacial score (nSPS) is 10.5. The highest BCUT2D eigenvalue weighted by molar-refractivity contribution is 4.97. The third kappa shape index (κ3) is 1.67. The van der Waals surface area contributed by atoms with Crippen LogP contribution in [0.25, 0.3) is 0 Å². The molecule has 0 unspecified atom stereocenters. The van der Waals surface area contributed by atoms with Gasteiger partial charge in [0, 0.05) is 5.92 Å². The summed E-state index contributed by atoms with van der Waals surface area (Å²) in [5.41, 5.74) is 1.47. The molecule has 0 spiro atoms. The van der Waals surface area contributed by atoms with E-state index in [0.29, 0.717) is 0 Å². The largest absolute Gasteiger partial charge is 0.618 e. The smallest absolute Gasteiger partial charge is 0.213 e. The van der Waals surface area contributed by atoms with Gasteiger partial charge in [0.05, 0.1) is 6.20 Å². The Bertz CT molecular complexity index is 258. The molecule has 3 heteroatoms. The summed E-state index contributed by atoms with van der Waals surface area (Å²) in [5.74, 6) is 0.237. The average molecular weight is 152 g/mol. The number of hydrogen-bond acceptors (Lipinski definition) is 2. The highest BCUT2D eigenvalue weighted by Crippen LogP contribution is 2.06. The Labute approximate surface area is 66.3 Å². The van der Waals surface area contributed by atoms with Crippen molar-refractivity contribution in [3.8, 4) is 0 Å². The van der Waals surface area contributed by atoms with Crippen molar-refractivity contribution in [2.24, 2.45) is 0 Å². The van der Waals surface area contributed by atoms with E-state index in [1.165, 1.54) is 6.20 Å². The molecule has 0 bridgehead atoms. The minimum Gasteiger partial charge on any atom is -0.618 e. The predicted octanol–water partition coefficient (Wildman–Crippen LogP) is 1.15. The number of aryl methyl sites for hydroxylation is 1. The van der Waals surface area contributed by atoms with E-state index in [9.17, 15) is 5.21 Å². The van der Waals surface area contributed by atoms with Crippen molar-refractivity contribution in [3.63, 3.8) is 0 Å². The maximum atomic E-state index is 11.2. The molecule has 0 saturated carbocycles. The van der Waals surface area contributed by atoms with E-state index in [1.54, 1.807) is 13.1 Å². The second-order valence-electron chi connectivity index (χ2n) is 2.93. The maximum absolute atomic E-state index is 11.2. The molecule has 0 atom stereocenters. The maximum Gasteiger partial charge on any atom is 0.213 e. The fraction of sp³-hybridized carbons (Fsp3) is 0.500. The Kier molecular flexibility index (Phi) is 2.08. The second-order valence-corrected chi connectivity index (χ2v) is 2.93. The SMILES string of the molecule is Cc1c[n+]([O-])c(C(C)C)cn1. The van der Waals surface area contributed by atoms with E-state index < -0.39 is 0 Å². The molecule has 3 nitrogen and oxygen atoms in total. The lowest BCUT2D eigenvalue weighted by molar-refractivity contribution is -0.616. The first-order chi connectivity index (χ1) is 5.11. The van der Waals surface area contributed by atoms with Crippen LogP contribution in [-0.4, -0.2) is 4.98 Å². The summed E-state index contributed by atoms with van der Waals surface area (Å²) >= 11 is 0. The van der Waals surface area contributed by atoms with Crippen molar-refractivity contribution >= 4 is 0 Å². The Morgan fingerprint density at radius 2 is 2.18 bits per heavy atom. The van der Waals surface area contributed by atoms with Crippen LogP contribution < -0.4 is 4.73 Å². The van der Waals surface area contributed by atoms with Crippen LogP contribution in [0.5, 0.6) is 0 Å². The van der Waals surface area contributed by atoms with Crippen LogP contribution in [0.2, 0.25) is 0 Å². The first-order valence-electron chi connectivity index (χ1n) is 3.67. The fourth-order valence-electron chi connectivity index (χ4n) is 0.906. The van der Waals surface area contributed by atoms with Gasteiger partial charge in [-0.15, -0.1) is 0 Å². The van der Waals surface area contributed by atoms with E-state index in [4.69, 9.17) is 0 Å². The standard InChI is InChI=1S/C8H12N2O/c1-6(2)8-4-9-7(3)5-10(8)11/h4-6H,1-3H3. The number of nitrogens with zero attached hydrogens (tertiary/aromatic N) is 2. The van der Waals surface area contributed by atoms with Gasteiger partial charge in [0.25, 0.3) is 0 Å². The second kappa shape index (κ2) is 2.86.